The van der Waals surface area contributed by atoms with Crippen LogP contribution in [0.15, 0.2) is 23.1 Å². The Kier molecular flexibility index (Phi) is 5.52. The summed E-state index contributed by atoms with van der Waals surface area (Å²) in [7, 11) is -2.19. The molecule has 0 amide bonds. The molecule has 1 N–H and O–H groups in total. The second kappa shape index (κ2) is 7.09. The third kappa shape index (κ3) is 3.88. The molecule has 132 valence electrons. The van der Waals surface area contributed by atoms with Crippen molar-refractivity contribution in [1.82, 2.24) is 9.62 Å². The zero-order chi connectivity index (χ0) is 18.0. The highest BCUT2D eigenvalue weighted by Gasteiger charge is 2.36. The molecule has 1 aliphatic heterocycles. The highest BCUT2D eigenvalue weighted by Crippen LogP contribution is 2.34. The van der Waals surface area contributed by atoms with Crippen LogP contribution < -0.4 is 5.32 Å². The lowest BCUT2D eigenvalue weighted by Gasteiger charge is -2.31. The number of nitriles is 1. The summed E-state index contributed by atoms with van der Waals surface area (Å²) in [6.07, 6.45) is -3.47. The first-order valence-electron chi connectivity index (χ1n) is 7.46. The second-order valence-corrected chi connectivity index (χ2v) is 7.66. The predicted octanol–water partition coefficient (Wildman–Crippen LogP) is 2.20. The van der Waals surface area contributed by atoms with Crippen LogP contribution in [0, 0.1) is 17.2 Å². The summed E-state index contributed by atoms with van der Waals surface area (Å²) in [4.78, 5) is -0.430. The molecular weight excluding hydrogens is 343 g/mol. The molecule has 0 unspecified atom stereocenters. The maximum Gasteiger partial charge on any atom is 0.417 e. The van der Waals surface area contributed by atoms with Gasteiger partial charge in [0.25, 0.3) is 0 Å². The van der Waals surface area contributed by atoms with E-state index in [9.17, 15) is 21.6 Å². The Hall–Kier alpha value is -1.63. The predicted molar refractivity (Wildman–Crippen MR) is 81.6 cm³/mol. The zero-order valence-corrected chi connectivity index (χ0v) is 13.9. The number of benzene rings is 1. The second-order valence-electron chi connectivity index (χ2n) is 5.72. The topological polar surface area (TPSA) is 73.2 Å². The van der Waals surface area contributed by atoms with Crippen LogP contribution in [0.2, 0.25) is 0 Å². The van der Waals surface area contributed by atoms with Gasteiger partial charge in [-0.25, -0.2) is 8.42 Å². The van der Waals surface area contributed by atoms with Gasteiger partial charge < -0.3 is 5.32 Å². The maximum absolute atomic E-state index is 13.0. The van der Waals surface area contributed by atoms with E-state index in [1.54, 1.807) is 0 Å². The quantitative estimate of drug-likeness (QED) is 0.892. The van der Waals surface area contributed by atoms with Crippen molar-refractivity contribution < 1.29 is 21.6 Å². The molecule has 1 saturated heterocycles. The number of hydrogen-bond acceptors (Lipinski definition) is 4. The lowest BCUT2D eigenvalue weighted by molar-refractivity contribution is -0.137. The van der Waals surface area contributed by atoms with Gasteiger partial charge in [0.1, 0.15) is 0 Å². The Morgan fingerprint density at radius 1 is 1.33 bits per heavy atom. The molecule has 1 heterocycles. The molecule has 0 spiro atoms. The number of rotatable bonds is 4. The monoisotopic (exact) mass is 361 g/mol. The van der Waals surface area contributed by atoms with E-state index in [4.69, 9.17) is 5.26 Å². The lowest BCUT2D eigenvalue weighted by atomic mass is 9.98. The van der Waals surface area contributed by atoms with Gasteiger partial charge in [0.05, 0.1) is 22.1 Å². The largest absolute Gasteiger partial charge is 0.417 e. The molecular formula is C15H18F3N3O2S. The summed E-state index contributed by atoms with van der Waals surface area (Å²) in [5, 5.41) is 11.8. The molecule has 0 aliphatic carbocycles. The van der Waals surface area contributed by atoms with Gasteiger partial charge in [-0.15, -0.1) is 0 Å². The Balaban J connectivity index is 2.29. The van der Waals surface area contributed by atoms with E-state index in [2.05, 4.69) is 5.32 Å². The molecule has 5 nitrogen and oxygen atoms in total. The molecule has 24 heavy (non-hydrogen) atoms. The molecule has 0 bridgehead atoms. The van der Waals surface area contributed by atoms with E-state index in [1.807, 2.05) is 7.05 Å². The molecule has 2 rings (SSSR count). The van der Waals surface area contributed by atoms with Gasteiger partial charge in [-0.3, -0.25) is 0 Å². The average molecular weight is 361 g/mol. The van der Waals surface area contributed by atoms with Crippen molar-refractivity contribution in [2.45, 2.75) is 23.9 Å². The number of piperidine rings is 1. The first kappa shape index (κ1) is 18.7. The molecule has 1 aromatic carbocycles. The minimum absolute atomic E-state index is 0.274. The molecule has 1 fully saturated rings. The Morgan fingerprint density at radius 2 is 1.96 bits per heavy atom. The van der Waals surface area contributed by atoms with Gasteiger partial charge in [0.15, 0.2) is 0 Å². The fourth-order valence-electron chi connectivity index (χ4n) is 2.81. The van der Waals surface area contributed by atoms with Crippen LogP contribution in [0.5, 0.6) is 0 Å². The molecule has 1 aromatic rings. The molecule has 0 atom stereocenters. The van der Waals surface area contributed by atoms with Crippen molar-refractivity contribution >= 4 is 10.0 Å². The van der Waals surface area contributed by atoms with E-state index in [0.29, 0.717) is 24.8 Å². The van der Waals surface area contributed by atoms with Gasteiger partial charge in [0, 0.05) is 13.1 Å². The SMILES string of the molecule is CNCC1CCN(S(=O)(=O)c2ccc(C#N)c(C(F)(F)F)c2)CC1. The number of alkyl halides is 3. The van der Waals surface area contributed by atoms with E-state index < -0.39 is 32.2 Å². The van der Waals surface area contributed by atoms with Gasteiger partial charge in [-0.1, -0.05) is 0 Å². The van der Waals surface area contributed by atoms with E-state index >= 15 is 0 Å². The normalized spacial score (nSPS) is 17.6. The van der Waals surface area contributed by atoms with E-state index in [1.165, 1.54) is 10.4 Å². The van der Waals surface area contributed by atoms with Crippen LogP contribution in [-0.2, 0) is 16.2 Å². The molecule has 0 aromatic heterocycles. The van der Waals surface area contributed by atoms with Gasteiger partial charge in [0.2, 0.25) is 10.0 Å². The minimum atomic E-state index is -4.78. The van der Waals surface area contributed by atoms with Crippen LogP contribution in [0.3, 0.4) is 0 Å². The highest BCUT2D eigenvalue weighted by atomic mass is 32.2. The number of hydrogen-bond donors (Lipinski definition) is 1. The zero-order valence-electron chi connectivity index (χ0n) is 13.1. The van der Waals surface area contributed by atoms with Crippen LogP contribution in [-0.4, -0.2) is 39.4 Å². The van der Waals surface area contributed by atoms with Crippen LogP contribution in [0.4, 0.5) is 13.2 Å². The van der Waals surface area contributed by atoms with Crippen LogP contribution in [0.1, 0.15) is 24.0 Å². The van der Waals surface area contributed by atoms with Gasteiger partial charge >= 0.3 is 6.18 Å². The highest BCUT2D eigenvalue weighted by molar-refractivity contribution is 7.89. The van der Waals surface area contributed by atoms with Gasteiger partial charge in [-0.05, 0) is 50.6 Å². The minimum Gasteiger partial charge on any atom is -0.319 e. The Bertz CT molecular complexity index is 733. The third-order valence-electron chi connectivity index (χ3n) is 4.12. The first-order valence-corrected chi connectivity index (χ1v) is 8.90. The summed E-state index contributed by atoms with van der Waals surface area (Å²) >= 11 is 0. The van der Waals surface area contributed by atoms with Crippen LogP contribution in [0.25, 0.3) is 0 Å². The fourth-order valence-corrected chi connectivity index (χ4v) is 4.30. The standard InChI is InChI=1S/C15H18F3N3O2S/c1-20-10-11-4-6-21(7-5-11)24(22,23)13-3-2-12(9-19)14(8-13)15(16,17)18/h2-3,8,11,20H,4-7,10H2,1H3. The lowest BCUT2D eigenvalue weighted by Crippen LogP contribution is -2.40. The van der Waals surface area contributed by atoms with E-state index in [-0.39, 0.29) is 13.1 Å². The van der Waals surface area contributed by atoms with E-state index in [0.717, 1.165) is 18.7 Å². The molecule has 0 radical (unpaired) electrons. The van der Waals surface area contributed by atoms with Crippen molar-refractivity contribution in [2.75, 3.05) is 26.7 Å². The van der Waals surface area contributed by atoms with Gasteiger partial charge in [-0.2, -0.15) is 22.7 Å². The van der Waals surface area contributed by atoms with Crippen molar-refractivity contribution in [3.8, 4) is 6.07 Å². The number of sulfonamides is 1. The first-order chi connectivity index (χ1) is 11.2. The third-order valence-corrected chi connectivity index (χ3v) is 6.02. The summed E-state index contributed by atoms with van der Waals surface area (Å²) in [6, 6.07) is 3.96. The Morgan fingerprint density at radius 3 is 2.46 bits per heavy atom. The molecule has 9 heteroatoms. The molecule has 1 aliphatic rings. The summed E-state index contributed by atoms with van der Waals surface area (Å²) in [5.74, 6) is 0.355. The average Bonchev–Trinajstić information content (AvgIpc) is 2.54. The summed E-state index contributed by atoms with van der Waals surface area (Å²) in [6.45, 7) is 1.33. The van der Waals surface area contributed by atoms with Crippen molar-refractivity contribution in [3.05, 3.63) is 29.3 Å². The van der Waals surface area contributed by atoms with Crippen molar-refractivity contribution in [2.24, 2.45) is 5.92 Å². The number of nitrogens with zero attached hydrogens (tertiary/aromatic N) is 2. The maximum atomic E-state index is 13.0. The smallest absolute Gasteiger partial charge is 0.319 e. The fraction of sp³-hybridized carbons (Fsp3) is 0.533. The Labute approximate surface area is 139 Å². The summed E-state index contributed by atoms with van der Waals surface area (Å²) < 4.78 is 65.4. The molecule has 0 saturated carbocycles. The number of halogens is 3. The van der Waals surface area contributed by atoms with Crippen molar-refractivity contribution in [1.29, 1.82) is 5.26 Å². The van der Waals surface area contributed by atoms with Crippen LogP contribution >= 0.6 is 0 Å². The number of nitrogens with one attached hydrogen (secondary N) is 1. The summed E-state index contributed by atoms with van der Waals surface area (Å²) in [5.41, 5.74) is -1.81. The van der Waals surface area contributed by atoms with Crippen molar-refractivity contribution in [3.63, 3.8) is 0 Å².